The summed E-state index contributed by atoms with van der Waals surface area (Å²) < 4.78 is 3.34. The van der Waals surface area contributed by atoms with Crippen LogP contribution in [0, 0.1) is 0 Å². The van der Waals surface area contributed by atoms with Crippen LogP contribution in [-0.2, 0) is 5.48 Å². The molecule has 0 amide bonds. The Morgan fingerprint density at radius 3 is 1.67 bits per heavy atom. The average molecular weight is 191 g/mol. The zero-order chi connectivity index (χ0) is 3.54. The van der Waals surface area contributed by atoms with Crippen LogP contribution in [0.5, 0.6) is 0 Å². The largest absolute Gasteiger partial charge is 2.00 e. The van der Waals surface area contributed by atoms with Crippen LogP contribution in [0.15, 0.2) is 0 Å². The zero-order valence-electron chi connectivity index (χ0n) is 3.74. The molecular formula is C4H8OSn. The van der Waals surface area contributed by atoms with Crippen molar-refractivity contribution in [3.05, 3.63) is 0 Å². The first kappa shape index (κ1) is 6.76. The molecule has 1 nitrogen and oxygen atoms in total. The molecule has 1 rings (SSSR count). The van der Waals surface area contributed by atoms with Crippen LogP contribution in [0.3, 0.4) is 0 Å². The molecule has 0 N–H and O–H groups in total. The van der Waals surface area contributed by atoms with Gasteiger partial charge in [0.25, 0.3) is 0 Å². The summed E-state index contributed by atoms with van der Waals surface area (Å²) in [6.07, 6.45) is 3.15. The van der Waals surface area contributed by atoms with Crippen molar-refractivity contribution < 1.29 is 5.48 Å². The molecule has 0 aromatic rings. The van der Waals surface area contributed by atoms with E-state index in [4.69, 9.17) is 0 Å². The Hall–Kier alpha value is 0.759. The maximum atomic E-state index is 1.67. The standard InChI is InChI=1S/C4H8.O.Sn/c1-3-4-2;;/h1-4H2;;/q;-2;+2. The Morgan fingerprint density at radius 1 is 1.00 bits per heavy atom. The molecule has 0 unspecified atom stereocenters. The number of hydrogen-bond acceptors (Lipinski definition) is 0. The van der Waals surface area contributed by atoms with Crippen molar-refractivity contribution in [2.75, 3.05) is 0 Å². The summed E-state index contributed by atoms with van der Waals surface area (Å²) in [6, 6.07) is 0. The van der Waals surface area contributed by atoms with Crippen molar-refractivity contribution >= 4 is 21.1 Å². The molecule has 0 aromatic heterocycles. The first-order chi connectivity index (χ1) is 2.50. The maximum Gasteiger partial charge on any atom is -2.00 e. The second-order valence-electron chi connectivity index (χ2n) is 1.46. The summed E-state index contributed by atoms with van der Waals surface area (Å²) in [5.41, 5.74) is 0. The van der Waals surface area contributed by atoms with Gasteiger partial charge in [-0.1, -0.05) is 0 Å². The Morgan fingerprint density at radius 2 is 1.50 bits per heavy atom. The molecule has 1 aliphatic rings. The minimum atomic E-state index is 0. The van der Waals surface area contributed by atoms with Crippen LogP contribution < -0.4 is 0 Å². The van der Waals surface area contributed by atoms with Gasteiger partial charge in [-0.3, -0.25) is 0 Å². The van der Waals surface area contributed by atoms with Gasteiger partial charge in [0.2, 0.25) is 0 Å². The fourth-order valence-corrected chi connectivity index (χ4v) is 4.19. The first-order valence-corrected chi connectivity index (χ1v) is 6.24. The van der Waals surface area contributed by atoms with Crippen LogP contribution >= 0.6 is 0 Å². The van der Waals surface area contributed by atoms with Crippen molar-refractivity contribution in [2.45, 2.75) is 21.7 Å². The SMILES string of the molecule is C1C[CH2][Sn+2][CH2]1.[O-2]. The van der Waals surface area contributed by atoms with E-state index in [2.05, 4.69) is 0 Å². The Kier molecular flexibility index (Phi) is 4.43. The van der Waals surface area contributed by atoms with Gasteiger partial charge in [0.15, 0.2) is 0 Å². The maximum absolute atomic E-state index is 1.67. The van der Waals surface area contributed by atoms with Crippen LogP contribution in [0.2, 0.25) is 8.87 Å². The van der Waals surface area contributed by atoms with E-state index in [1.54, 1.807) is 21.7 Å². The molecule has 0 saturated carbocycles. The molecule has 0 aliphatic carbocycles. The van der Waals surface area contributed by atoms with E-state index >= 15 is 0 Å². The summed E-state index contributed by atoms with van der Waals surface area (Å²) in [6.45, 7) is 0. The molecule has 1 heterocycles. The fourth-order valence-electron chi connectivity index (χ4n) is 0.625. The van der Waals surface area contributed by atoms with Gasteiger partial charge in [0.1, 0.15) is 0 Å². The van der Waals surface area contributed by atoms with Crippen LogP contribution in [0.1, 0.15) is 12.8 Å². The average Bonchev–Trinajstić information content (AvgIpc) is 1.76. The van der Waals surface area contributed by atoms with E-state index in [0.717, 1.165) is 0 Å². The van der Waals surface area contributed by atoms with Crippen molar-refractivity contribution in [1.29, 1.82) is 0 Å². The van der Waals surface area contributed by atoms with Gasteiger partial charge in [-0.05, 0) is 0 Å². The molecule has 1 fully saturated rings. The van der Waals surface area contributed by atoms with Gasteiger partial charge in [-0.2, -0.15) is 0 Å². The Bertz CT molecular complexity index is 19.1. The first-order valence-electron chi connectivity index (χ1n) is 2.21. The quantitative estimate of drug-likeness (QED) is 0.514. The van der Waals surface area contributed by atoms with Crippen molar-refractivity contribution in [3.8, 4) is 0 Å². The van der Waals surface area contributed by atoms with Gasteiger partial charge < -0.3 is 5.48 Å². The van der Waals surface area contributed by atoms with E-state index < -0.39 is 0 Å². The van der Waals surface area contributed by atoms with E-state index in [0.29, 0.717) is 21.1 Å². The molecule has 6 heavy (non-hydrogen) atoms. The topological polar surface area (TPSA) is 28.5 Å². The van der Waals surface area contributed by atoms with Crippen LogP contribution in [0.4, 0.5) is 0 Å². The van der Waals surface area contributed by atoms with E-state index in [9.17, 15) is 0 Å². The minimum Gasteiger partial charge on any atom is -2.00 e. The molecular weight excluding hydrogens is 183 g/mol. The second-order valence-corrected chi connectivity index (χ2v) is 5.74. The van der Waals surface area contributed by atoms with Crippen molar-refractivity contribution in [2.24, 2.45) is 0 Å². The zero-order valence-corrected chi connectivity index (χ0v) is 6.59. The summed E-state index contributed by atoms with van der Waals surface area (Å²) in [5, 5.41) is 0. The molecule has 1 saturated heterocycles. The number of rotatable bonds is 0. The molecule has 0 aromatic carbocycles. The molecule has 1 aliphatic heterocycles. The fraction of sp³-hybridized carbons (Fsp3) is 1.00. The van der Waals surface area contributed by atoms with E-state index in [-0.39, 0.29) is 5.48 Å². The molecule has 0 atom stereocenters. The normalized spacial score (nSPS) is 17.3. The predicted molar refractivity (Wildman–Crippen MR) is 25.3 cm³/mol. The molecule has 34 valence electrons. The van der Waals surface area contributed by atoms with E-state index in [1.165, 1.54) is 0 Å². The summed E-state index contributed by atoms with van der Waals surface area (Å²) in [5.74, 6) is 0. The van der Waals surface area contributed by atoms with Gasteiger partial charge in [0.05, 0.1) is 0 Å². The molecule has 0 bridgehead atoms. The summed E-state index contributed by atoms with van der Waals surface area (Å²) in [4.78, 5) is 0. The second kappa shape index (κ2) is 3.93. The Labute approximate surface area is 48.7 Å². The van der Waals surface area contributed by atoms with Gasteiger partial charge in [0, 0.05) is 0 Å². The van der Waals surface area contributed by atoms with Crippen molar-refractivity contribution in [3.63, 3.8) is 0 Å². The summed E-state index contributed by atoms with van der Waals surface area (Å²) >= 11 is 0.329. The third-order valence-electron chi connectivity index (χ3n) is 0.957. The van der Waals surface area contributed by atoms with E-state index in [1.807, 2.05) is 0 Å². The Balaban J connectivity index is 0.000000250. The van der Waals surface area contributed by atoms with Crippen LogP contribution in [0.25, 0.3) is 0 Å². The molecule has 2 heteroatoms. The molecule has 0 spiro atoms. The predicted octanol–water partition coefficient (Wildman–Crippen LogP) is 1.20. The third-order valence-corrected chi connectivity index (χ3v) is 4.99. The van der Waals surface area contributed by atoms with Gasteiger partial charge in [-0.25, -0.2) is 0 Å². The molecule has 0 radical (unpaired) electrons. The van der Waals surface area contributed by atoms with Crippen LogP contribution in [-0.4, -0.2) is 21.1 Å². The van der Waals surface area contributed by atoms with Gasteiger partial charge in [-0.15, -0.1) is 0 Å². The summed E-state index contributed by atoms with van der Waals surface area (Å²) in [7, 11) is 0. The van der Waals surface area contributed by atoms with Crippen molar-refractivity contribution in [1.82, 2.24) is 0 Å². The minimum absolute atomic E-state index is 0. The number of hydrogen-bond donors (Lipinski definition) is 0. The smallest absolute Gasteiger partial charge is 2.00 e. The van der Waals surface area contributed by atoms with Gasteiger partial charge >= 0.3 is 42.9 Å². The monoisotopic (exact) mass is 192 g/mol. The third kappa shape index (κ3) is 2.03.